The van der Waals surface area contributed by atoms with Crippen LogP contribution >= 0.6 is 0 Å². The molecule has 0 saturated carbocycles. The molecule has 0 aliphatic carbocycles. The van der Waals surface area contributed by atoms with Crippen LogP contribution in [0, 0.1) is 5.82 Å². The van der Waals surface area contributed by atoms with Crippen molar-refractivity contribution in [2.24, 2.45) is 7.05 Å². The minimum Gasteiger partial charge on any atom is -0.337 e. The maximum Gasteiger partial charge on any atom is 0.123 e. The lowest BCUT2D eigenvalue weighted by atomic mass is 9.77. The lowest BCUT2D eigenvalue weighted by molar-refractivity contribution is 0.530. The van der Waals surface area contributed by atoms with Crippen molar-refractivity contribution in [2.45, 2.75) is 32.6 Å². The second kappa shape index (κ2) is 7.04. The van der Waals surface area contributed by atoms with E-state index < -0.39 is 0 Å². The molecule has 2 rings (SSSR count). The van der Waals surface area contributed by atoms with E-state index in [0.717, 1.165) is 17.7 Å². The molecule has 1 aromatic carbocycles. The van der Waals surface area contributed by atoms with Gasteiger partial charge in [0.25, 0.3) is 0 Å². The van der Waals surface area contributed by atoms with Crippen LogP contribution in [-0.4, -0.2) is 9.55 Å². The largest absolute Gasteiger partial charge is 0.337 e. The van der Waals surface area contributed by atoms with Gasteiger partial charge in [0.2, 0.25) is 0 Å². The van der Waals surface area contributed by atoms with Crippen LogP contribution in [0.25, 0.3) is 0 Å². The molecule has 0 aliphatic rings. The molecule has 0 aliphatic heterocycles. The molecule has 3 heteroatoms. The number of nitrogens with zero attached hydrogens (tertiary/aromatic N) is 2. The van der Waals surface area contributed by atoms with Crippen LogP contribution in [0.1, 0.15) is 38.4 Å². The van der Waals surface area contributed by atoms with Crippen LogP contribution in [-0.2, 0) is 12.5 Å². The zero-order valence-electron chi connectivity index (χ0n) is 12.7. The number of aromatic nitrogens is 2. The molecule has 2 aromatic rings. The first kappa shape index (κ1) is 16.2. The third-order valence-electron chi connectivity index (χ3n) is 3.40. The van der Waals surface area contributed by atoms with Crippen LogP contribution in [0.4, 0.5) is 4.39 Å². The highest BCUT2D eigenvalue weighted by molar-refractivity contribution is 5.35. The second-order valence-electron chi connectivity index (χ2n) is 4.73. The van der Waals surface area contributed by atoms with E-state index in [1.165, 1.54) is 6.07 Å². The normalized spacial score (nSPS) is 13.1. The monoisotopic (exact) mass is 274 g/mol. The highest BCUT2D eigenvalue weighted by Gasteiger charge is 2.30. The molecule has 0 N–H and O–H groups in total. The molecular weight excluding hydrogens is 251 g/mol. The van der Waals surface area contributed by atoms with E-state index >= 15 is 0 Å². The fourth-order valence-electron chi connectivity index (χ4n) is 2.38. The van der Waals surface area contributed by atoms with Gasteiger partial charge < -0.3 is 4.57 Å². The summed E-state index contributed by atoms with van der Waals surface area (Å²) in [6, 6.07) is 6.72. The number of hydrogen-bond acceptors (Lipinski definition) is 1. The fourth-order valence-corrected chi connectivity index (χ4v) is 2.38. The molecule has 0 spiro atoms. The summed E-state index contributed by atoms with van der Waals surface area (Å²) in [6.45, 7) is 9.89. The van der Waals surface area contributed by atoms with Gasteiger partial charge >= 0.3 is 0 Å². The van der Waals surface area contributed by atoms with Crippen molar-refractivity contribution in [3.8, 4) is 0 Å². The Balaban J connectivity index is 0.000000956. The van der Waals surface area contributed by atoms with Crippen molar-refractivity contribution in [3.05, 3.63) is 66.5 Å². The summed E-state index contributed by atoms with van der Waals surface area (Å²) < 4.78 is 15.4. The molecule has 0 fully saturated rings. The Bertz CT molecular complexity index is 560. The molecule has 0 amide bonds. The second-order valence-corrected chi connectivity index (χ2v) is 4.73. The zero-order valence-corrected chi connectivity index (χ0v) is 12.7. The van der Waals surface area contributed by atoms with Gasteiger partial charge in [-0.05, 0) is 31.0 Å². The fraction of sp³-hybridized carbons (Fsp3) is 0.353. The summed E-state index contributed by atoms with van der Waals surface area (Å²) in [5.74, 6) is -0.218. The van der Waals surface area contributed by atoms with E-state index in [1.54, 1.807) is 18.5 Å². The molecule has 0 radical (unpaired) electrons. The van der Waals surface area contributed by atoms with Gasteiger partial charge in [-0.2, -0.15) is 0 Å². The predicted molar refractivity (Wildman–Crippen MR) is 82.2 cm³/mol. The minimum atomic E-state index is -0.310. The summed E-state index contributed by atoms with van der Waals surface area (Å²) in [7, 11) is 1.95. The molecule has 2 nitrogen and oxygen atoms in total. The van der Waals surface area contributed by atoms with E-state index in [4.69, 9.17) is 0 Å². The Morgan fingerprint density at radius 1 is 1.40 bits per heavy atom. The van der Waals surface area contributed by atoms with E-state index in [1.807, 2.05) is 43.8 Å². The maximum atomic E-state index is 13.4. The molecule has 1 atom stereocenters. The van der Waals surface area contributed by atoms with Crippen molar-refractivity contribution < 1.29 is 4.39 Å². The van der Waals surface area contributed by atoms with Crippen molar-refractivity contribution in [3.63, 3.8) is 0 Å². The van der Waals surface area contributed by atoms with Gasteiger partial charge in [-0.3, -0.25) is 0 Å². The number of rotatable bonds is 4. The van der Waals surface area contributed by atoms with E-state index in [-0.39, 0.29) is 11.2 Å². The van der Waals surface area contributed by atoms with Gasteiger partial charge in [-0.15, -0.1) is 6.58 Å². The van der Waals surface area contributed by atoms with Gasteiger partial charge in [0.1, 0.15) is 5.82 Å². The standard InChI is InChI=1S/C15H17FN2.C2H6/c1-4-8-15(2,14-10-17-11-18(14)3)12-6-5-7-13(16)9-12;1-2/h4-7,9-11H,1,8H2,2-3H3;1-2H3. The molecule has 0 bridgehead atoms. The molecular formula is C17H23FN2. The first-order valence-electron chi connectivity index (χ1n) is 6.91. The highest BCUT2D eigenvalue weighted by atomic mass is 19.1. The minimum absolute atomic E-state index is 0.218. The molecule has 20 heavy (non-hydrogen) atoms. The molecule has 1 aromatic heterocycles. The topological polar surface area (TPSA) is 17.8 Å². The van der Waals surface area contributed by atoms with E-state index in [2.05, 4.69) is 18.5 Å². The summed E-state index contributed by atoms with van der Waals surface area (Å²) in [6.07, 6.45) is 6.18. The average Bonchev–Trinajstić information content (AvgIpc) is 2.88. The van der Waals surface area contributed by atoms with Crippen molar-refractivity contribution in [2.75, 3.05) is 0 Å². The Morgan fingerprint density at radius 3 is 2.60 bits per heavy atom. The number of allylic oxidation sites excluding steroid dienone is 1. The number of halogens is 1. The van der Waals surface area contributed by atoms with Gasteiger partial charge in [-0.25, -0.2) is 9.37 Å². The van der Waals surface area contributed by atoms with Crippen molar-refractivity contribution >= 4 is 0 Å². The lowest BCUT2D eigenvalue weighted by Crippen LogP contribution is -2.25. The molecule has 0 saturated heterocycles. The number of aryl methyl sites for hydroxylation is 1. The van der Waals surface area contributed by atoms with Gasteiger partial charge in [0, 0.05) is 24.4 Å². The zero-order chi connectivity index (χ0) is 15.2. The highest BCUT2D eigenvalue weighted by Crippen LogP contribution is 2.35. The third kappa shape index (κ3) is 3.16. The summed E-state index contributed by atoms with van der Waals surface area (Å²) in [4.78, 5) is 4.15. The molecule has 1 unspecified atom stereocenters. The quantitative estimate of drug-likeness (QED) is 0.752. The first-order chi connectivity index (χ1) is 9.58. The Morgan fingerprint density at radius 2 is 2.10 bits per heavy atom. The Labute approximate surface area is 121 Å². The third-order valence-corrected chi connectivity index (χ3v) is 3.40. The smallest absolute Gasteiger partial charge is 0.123 e. The van der Waals surface area contributed by atoms with Crippen molar-refractivity contribution in [1.29, 1.82) is 0 Å². The molecule has 1 heterocycles. The number of benzene rings is 1. The van der Waals surface area contributed by atoms with Crippen molar-refractivity contribution in [1.82, 2.24) is 9.55 Å². The Kier molecular flexibility index (Phi) is 5.68. The number of imidazole rings is 1. The van der Waals surface area contributed by atoms with Crippen LogP contribution in [0.15, 0.2) is 49.4 Å². The van der Waals surface area contributed by atoms with Crippen LogP contribution in [0.5, 0.6) is 0 Å². The van der Waals surface area contributed by atoms with Gasteiger partial charge in [0.15, 0.2) is 0 Å². The van der Waals surface area contributed by atoms with E-state index in [0.29, 0.717) is 0 Å². The lowest BCUT2D eigenvalue weighted by Gasteiger charge is -2.29. The summed E-state index contributed by atoms with van der Waals surface area (Å²) in [5, 5.41) is 0. The SMILES string of the molecule is C=CCC(C)(c1cccc(F)c1)c1cncn1C.CC. The average molecular weight is 274 g/mol. The van der Waals surface area contributed by atoms with Crippen LogP contribution in [0.2, 0.25) is 0 Å². The maximum absolute atomic E-state index is 13.4. The van der Waals surface area contributed by atoms with Crippen LogP contribution < -0.4 is 0 Å². The van der Waals surface area contributed by atoms with Gasteiger partial charge in [0.05, 0.1) is 6.33 Å². The van der Waals surface area contributed by atoms with Crippen LogP contribution in [0.3, 0.4) is 0 Å². The van der Waals surface area contributed by atoms with Gasteiger partial charge in [-0.1, -0.05) is 32.1 Å². The Hall–Kier alpha value is -1.90. The summed E-state index contributed by atoms with van der Waals surface area (Å²) in [5.41, 5.74) is 1.67. The van der Waals surface area contributed by atoms with E-state index in [9.17, 15) is 4.39 Å². The first-order valence-corrected chi connectivity index (χ1v) is 6.91. The summed E-state index contributed by atoms with van der Waals surface area (Å²) >= 11 is 0. The number of hydrogen-bond donors (Lipinski definition) is 0. The molecule has 108 valence electrons. The predicted octanol–water partition coefficient (Wildman–Crippen LogP) is 4.47.